The Morgan fingerprint density at radius 2 is 1.75 bits per heavy atom. The highest BCUT2D eigenvalue weighted by Gasteiger charge is 2.30. The van der Waals surface area contributed by atoms with Gasteiger partial charge in [-0.05, 0) is 49.9 Å². The molecule has 1 aliphatic rings. The molecule has 6 nitrogen and oxygen atoms in total. The zero-order valence-corrected chi connectivity index (χ0v) is 16.7. The first-order valence-electron chi connectivity index (χ1n) is 8.59. The van der Waals surface area contributed by atoms with Crippen LogP contribution < -0.4 is 5.32 Å². The Morgan fingerprint density at radius 1 is 1.11 bits per heavy atom. The van der Waals surface area contributed by atoms with Crippen molar-refractivity contribution in [1.82, 2.24) is 0 Å². The Kier molecular flexibility index (Phi) is 7.31. The fraction of sp³-hybridized carbons (Fsp3) is 0.143. The third-order valence-electron chi connectivity index (χ3n) is 4.11. The molecule has 0 unspecified atom stereocenters. The van der Waals surface area contributed by atoms with Crippen molar-refractivity contribution in [2.75, 3.05) is 19.0 Å². The molecule has 0 bridgehead atoms. The monoisotopic (exact) mass is 400 g/mol. The maximum atomic E-state index is 10.4. The van der Waals surface area contributed by atoms with E-state index in [-0.39, 0.29) is 9.54 Å². The maximum absolute atomic E-state index is 10.4. The first-order chi connectivity index (χ1) is 13.3. The van der Waals surface area contributed by atoms with Gasteiger partial charge in [0.2, 0.25) is 5.82 Å². The number of allylic oxidation sites excluding steroid dienone is 2. The number of hydroxylamine groups is 3. The van der Waals surface area contributed by atoms with Gasteiger partial charge in [0.1, 0.15) is 22.9 Å². The molecule has 2 aromatic rings. The van der Waals surface area contributed by atoms with Crippen LogP contribution in [0.2, 0.25) is 0 Å². The molecule has 3 rings (SSSR count). The highest BCUT2D eigenvalue weighted by Crippen LogP contribution is 2.22. The molecule has 28 heavy (non-hydrogen) atoms. The van der Waals surface area contributed by atoms with Crippen LogP contribution in [0.3, 0.4) is 0 Å². The van der Waals surface area contributed by atoms with Crippen molar-refractivity contribution in [2.45, 2.75) is 11.8 Å². The molecular weight excluding hydrogens is 376 g/mol. The van der Waals surface area contributed by atoms with Gasteiger partial charge in [-0.2, -0.15) is 4.84 Å². The number of rotatable bonds is 5. The van der Waals surface area contributed by atoms with Gasteiger partial charge in [0, 0.05) is 5.69 Å². The van der Waals surface area contributed by atoms with E-state index in [0.717, 1.165) is 23.6 Å². The molecule has 1 heterocycles. The van der Waals surface area contributed by atoms with Gasteiger partial charge in [-0.1, -0.05) is 42.0 Å². The van der Waals surface area contributed by atoms with Crippen LogP contribution in [0.25, 0.3) is 0 Å². The summed E-state index contributed by atoms with van der Waals surface area (Å²) in [5.74, 6) is 0.791. The van der Waals surface area contributed by atoms with Gasteiger partial charge < -0.3 is 9.87 Å². The summed E-state index contributed by atoms with van der Waals surface area (Å²) >= 11 is 0. The summed E-state index contributed by atoms with van der Waals surface area (Å²) in [7, 11) is -2.59. The second-order valence-electron chi connectivity index (χ2n) is 6.14. The second-order valence-corrected chi connectivity index (χ2v) is 7.51. The summed E-state index contributed by atoms with van der Waals surface area (Å²) < 4.78 is 31.4. The Morgan fingerprint density at radius 3 is 2.25 bits per heavy atom. The minimum Gasteiger partial charge on any atom is -0.744 e. The molecule has 0 radical (unpaired) electrons. The van der Waals surface area contributed by atoms with Crippen LogP contribution in [-0.4, -0.2) is 31.3 Å². The zero-order chi connectivity index (χ0) is 20.6. The lowest BCUT2D eigenvalue weighted by Gasteiger charge is -2.31. The topological polar surface area (TPSA) is 78.5 Å². The van der Waals surface area contributed by atoms with Gasteiger partial charge in [-0.25, -0.2) is 8.42 Å². The highest BCUT2D eigenvalue weighted by atomic mass is 32.2. The smallest absolute Gasteiger partial charge is 0.236 e. The molecular formula is C21H24N2O4S. The Bertz CT molecular complexity index is 952. The third-order valence-corrected chi connectivity index (χ3v) is 4.95. The molecule has 1 aliphatic heterocycles. The number of para-hydroxylation sites is 1. The molecule has 0 spiro atoms. The van der Waals surface area contributed by atoms with Crippen molar-refractivity contribution in [3.05, 3.63) is 97.0 Å². The lowest BCUT2D eigenvalue weighted by Crippen LogP contribution is -2.43. The summed E-state index contributed by atoms with van der Waals surface area (Å²) in [6.45, 7) is 6.63. The minimum absolute atomic E-state index is 0.178. The van der Waals surface area contributed by atoms with E-state index in [0.29, 0.717) is 0 Å². The van der Waals surface area contributed by atoms with E-state index in [9.17, 15) is 13.0 Å². The number of anilines is 1. The normalized spacial score (nSPS) is 18.1. The zero-order valence-electron chi connectivity index (χ0n) is 15.9. The molecule has 1 atom stereocenters. The Hall–Kier alpha value is -2.71. The standard InChI is InChI=1S/C14H17N2O.C7H8O3S/c1-13(15-14-9-5-3-6-10-14)16(17-2)11-7-4-8-12-16;1-6-2-4-7(5-3-6)11(8,9)10/h3-11,15H,1,12H2,2H3;2-5H,1H3,(H,8,9,10)/q+1;/p-1/t16-;/m1./s1. The Labute approximate surface area is 166 Å². The lowest BCUT2D eigenvalue weighted by atomic mass is 10.2. The van der Waals surface area contributed by atoms with E-state index >= 15 is 0 Å². The molecule has 7 heteroatoms. The Balaban J connectivity index is 0.000000221. The van der Waals surface area contributed by atoms with E-state index in [1.54, 1.807) is 19.2 Å². The number of quaternary nitrogens is 1. The van der Waals surface area contributed by atoms with Crippen LogP contribution in [-0.2, 0) is 15.0 Å². The fourth-order valence-electron chi connectivity index (χ4n) is 2.48. The molecule has 0 saturated heterocycles. The van der Waals surface area contributed by atoms with Gasteiger partial charge in [0.05, 0.1) is 12.0 Å². The van der Waals surface area contributed by atoms with Crippen molar-refractivity contribution < 1.29 is 22.5 Å². The average molecular weight is 401 g/mol. The predicted molar refractivity (Wildman–Crippen MR) is 109 cm³/mol. The number of benzene rings is 2. The quantitative estimate of drug-likeness (QED) is 0.608. The first kappa shape index (κ1) is 21.6. The van der Waals surface area contributed by atoms with Gasteiger partial charge in [-0.15, -0.1) is 4.65 Å². The molecule has 2 aromatic carbocycles. The van der Waals surface area contributed by atoms with Crippen molar-refractivity contribution in [2.24, 2.45) is 0 Å². The molecule has 0 fully saturated rings. The summed E-state index contributed by atoms with van der Waals surface area (Å²) in [6.07, 6.45) is 8.00. The van der Waals surface area contributed by atoms with Gasteiger partial charge in [0.15, 0.2) is 0 Å². The number of nitrogens with one attached hydrogen (secondary N) is 1. The number of hydrogen-bond acceptors (Lipinski definition) is 5. The van der Waals surface area contributed by atoms with Crippen LogP contribution >= 0.6 is 0 Å². The molecule has 0 saturated carbocycles. The van der Waals surface area contributed by atoms with Crippen LogP contribution in [0.5, 0.6) is 0 Å². The van der Waals surface area contributed by atoms with Gasteiger partial charge >= 0.3 is 0 Å². The van der Waals surface area contributed by atoms with E-state index in [4.69, 9.17) is 4.84 Å². The van der Waals surface area contributed by atoms with E-state index in [1.165, 1.54) is 12.1 Å². The van der Waals surface area contributed by atoms with Crippen LogP contribution in [0.1, 0.15) is 5.56 Å². The summed E-state index contributed by atoms with van der Waals surface area (Å²) in [6, 6.07) is 15.7. The average Bonchev–Trinajstić information content (AvgIpc) is 2.69. The molecule has 1 N–H and O–H groups in total. The summed E-state index contributed by atoms with van der Waals surface area (Å²) in [5.41, 5.74) is 1.94. The number of nitrogens with zero attached hydrogens (tertiary/aromatic N) is 1. The highest BCUT2D eigenvalue weighted by molar-refractivity contribution is 7.85. The van der Waals surface area contributed by atoms with Crippen molar-refractivity contribution in [3.63, 3.8) is 0 Å². The number of hydrogen-bond donors (Lipinski definition) is 1. The van der Waals surface area contributed by atoms with Gasteiger partial charge in [0.25, 0.3) is 0 Å². The lowest BCUT2D eigenvalue weighted by molar-refractivity contribution is -1.03. The van der Waals surface area contributed by atoms with E-state index < -0.39 is 10.1 Å². The summed E-state index contributed by atoms with van der Waals surface area (Å²) in [4.78, 5) is 5.37. The molecule has 148 valence electrons. The molecule has 0 aromatic heterocycles. The maximum Gasteiger partial charge on any atom is 0.236 e. The van der Waals surface area contributed by atoms with Crippen molar-refractivity contribution >= 4 is 15.8 Å². The van der Waals surface area contributed by atoms with Crippen LogP contribution in [0.4, 0.5) is 5.69 Å². The minimum atomic E-state index is -4.27. The first-order valence-corrected chi connectivity index (χ1v) is 10.00. The molecule has 0 amide bonds. The SMILES string of the molecule is C=C(Nc1ccccc1)[N@@+]1(OC)C=CC=CC1.Cc1ccc(S(=O)(=O)[O-])cc1. The van der Waals surface area contributed by atoms with Crippen LogP contribution in [0.15, 0.2) is 96.3 Å². The van der Waals surface area contributed by atoms with Crippen molar-refractivity contribution in [1.29, 1.82) is 0 Å². The summed E-state index contributed by atoms with van der Waals surface area (Å²) in [5, 5.41) is 3.27. The van der Waals surface area contributed by atoms with E-state index in [2.05, 4.69) is 18.0 Å². The van der Waals surface area contributed by atoms with Crippen LogP contribution in [0, 0.1) is 6.92 Å². The van der Waals surface area contributed by atoms with Crippen molar-refractivity contribution in [3.8, 4) is 0 Å². The predicted octanol–water partition coefficient (Wildman–Crippen LogP) is 3.93. The second kappa shape index (κ2) is 9.48. The van der Waals surface area contributed by atoms with E-state index in [1.807, 2.05) is 55.6 Å². The third kappa shape index (κ3) is 5.90. The fourth-order valence-corrected chi connectivity index (χ4v) is 2.95. The largest absolute Gasteiger partial charge is 0.744 e. The number of aryl methyl sites for hydroxylation is 1. The van der Waals surface area contributed by atoms with Gasteiger partial charge in [-0.3, -0.25) is 0 Å². The molecule has 0 aliphatic carbocycles.